The van der Waals surface area contributed by atoms with E-state index in [4.69, 9.17) is 4.42 Å². The molecule has 5 heteroatoms. The summed E-state index contributed by atoms with van der Waals surface area (Å²) in [5.41, 5.74) is 0.0614. The van der Waals surface area contributed by atoms with Crippen LogP contribution in [0.25, 0.3) is 0 Å². The first-order chi connectivity index (χ1) is 8.53. The molecule has 1 fully saturated rings. The average Bonchev–Trinajstić information content (AvgIpc) is 2.94. The SMILES string of the molecule is CC(C)(C)NCc1nnc(NCC2CCCC2)o1. The van der Waals surface area contributed by atoms with Crippen molar-refractivity contribution in [2.24, 2.45) is 5.92 Å². The van der Waals surface area contributed by atoms with Gasteiger partial charge in [0.25, 0.3) is 0 Å². The lowest BCUT2D eigenvalue weighted by molar-refractivity contribution is 0.383. The zero-order chi connectivity index (χ0) is 13.0. The van der Waals surface area contributed by atoms with Crippen molar-refractivity contribution in [1.29, 1.82) is 0 Å². The van der Waals surface area contributed by atoms with E-state index in [1.54, 1.807) is 0 Å². The van der Waals surface area contributed by atoms with Crippen molar-refractivity contribution in [3.05, 3.63) is 5.89 Å². The lowest BCUT2D eigenvalue weighted by Crippen LogP contribution is -2.35. The van der Waals surface area contributed by atoms with E-state index in [0.717, 1.165) is 12.5 Å². The van der Waals surface area contributed by atoms with Crippen molar-refractivity contribution < 1.29 is 4.42 Å². The molecule has 0 aliphatic heterocycles. The van der Waals surface area contributed by atoms with Crippen LogP contribution in [-0.4, -0.2) is 22.3 Å². The highest BCUT2D eigenvalue weighted by molar-refractivity contribution is 5.17. The third kappa shape index (κ3) is 4.29. The summed E-state index contributed by atoms with van der Waals surface area (Å²) < 4.78 is 5.54. The molecule has 0 radical (unpaired) electrons. The van der Waals surface area contributed by atoms with Gasteiger partial charge in [0.05, 0.1) is 6.54 Å². The molecule has 0 unspecified atom stereocenters. The van der Waals surface area contributed by atoms with Gasteiger partial charge in [-0.25, -0.2) is 0 Å². The highest BCUT2D eigenvalue weighted by Gasteiger charge is 2.16. The van der Waals surface area contributed by atoms with Crippen molar-refractivity contribution in [2.75, 3.05) is 11.9 Å². The van der Waals surface area contributed by atoms with E-state index in [2.05, 4.69) is 41.6 Å². The molecular formula is C13H24N4O. The monoisotopic (exact) mass is 252 g/mol. The third-order valence-electron chi connectivity index (χ3n) is 3.25. The van der Waals surface area contributed by atoms with Crippen molar-refractivity contribution in [3.8, 4) is 0 Å². The number of aromatic nitrogens is 2. The molecule has 1 saturated carbocycles. The van der Waals surface area contributed by atoms with Gasteiger partial charge in [-0.15, -0.1) is 5.10 Å². The van der Waals surface area contributed by atoms with Gasteiger partial charge in [-0.2, -0.15) is 0 Å². The molecule has 1 aliphatic rings. The highest BCUT2D eigenvalue weighted by Crippen LogP contribution is 2.24. The molecule has 2 N–H and O–H groups in total. The van der Waals surface area contributed by atoms with Crippen LogP contribution in [0.5, 0.6) is 0 Å². The van der Waals surface area contributed by atoms with Gasteiger partial charge < -0.3 is 15.1 Å². The van der Waals surface area contributed by atoms with Gasteiger partial charge in [-0.05, 0) is 39.5 Å². The maximum atomic E-state index is 5.54. The summed E-state index contributed by atoms with van der Waals surface area (Å²) in [6.07, 6.45) is 5.35. The summed E-state index contributed by atoms with van der Waals surface area (Å²) in [4.78, 5) is 0. The Labute approximate surface area is 109 Å². The number of hydrogen-bond acceptors (Lipinski definition) is 5. The lowest BCUT2D eigenvalue weighted by Gasteiger charge is -2.18. The molecule has 0 aromatic carbocycles. The molecule has 0 atom stereocenters. The molecule has 18 heavy (non-hydrogen) atoms. The Bertz CT molecular complexity index is 363. The minimum absolute atomic E-state index is 0.0614. The fraction of sp³-hybridized carbons (Fsp3) is 0.846. The maximum Gasteiger partial charge on any atom is 0.315 e. The summed E-state index contributed by atoms with van der Waals surface area (Å²) in [6, 6.07) is 0.549. The van der Waals surface area contributed by atoms with Gasteiger partial charge in [0, 0.05) is 12.1 Å². The van der Waals surface area contributed by atoms with Crippen molar-refractivity contribution >= 4 is 6.01 Å². The molecule has 1 aromatic rings. The molecule has 0 bridgehead atoms. The first-order valence-corrected chi connectivity index (χ1v) is 6.84. The van der Waals surface area contributed by atoms with Crippen LogP contribution in [0.4, 0.5) is 6.01 Å². The van der Waals surface area contributed by atoms with E-state index in [-0.39, 0.29) is 5.54 Å². The van der Waals surface area contributed by atoms with Crippen LogP contribution in [0.1, 0.15) is 52.3 Å². The number of hydrogen-bond donors (Lipinski definition) is 2. The van der Waals surface area contributed by atoms with E-state index in [9.17, 15) is 0 Å². The van der Waals surface area contributed by atoms with E-state index in [1.165, 1.54) is 25.7 Å². The summed E-state index contributed by atoms with van der Waals surface area (Å²) in [7, 11) is 0. The second-order valence-corrected chi connectivity index (χ2v) is 6.14. The maximum absolute atomic E-state index is 5.54. The van der Waals surface area contributed by atoms with Gasteiger partial charge >= 0.3 is 6.01 Å². The summed E-state index contributed by atoms with van der Waals surface area (Å²) in [5.74, 6) is 1.41. The molecule has 2 rings (SSSR count). The predicted octanol–water partition coefficient (Wildman–Crippen LogP) is 2.56. The smallest absolute Gasteiger partial charge is 0.315 e. The van der Waals surface area contributed by atoms with E-state index in [0.29, 0.717) is 18.5 Å². The number of nitrogens with zero attached hydrogens (tertiary/aromatic N) is 2. The Morgan fingerprint density at radius 1 is 1.22 bits per heavy atom. The minimum Gasteiger partial charge on any atom is -0.407 e. The van der Waals surface area contributed by atoms with Crippen LogP contribution in [-0.2, 0) is 6.54 Å². The van der Waals surface area contributed by atoms with Gasteiger partial charge in [0.15, 0.2) is 0 Å². The second kappa shape index (κ2) is 5.69. The second-order valence-electron chi connectivity index (χ2n) is 6.14. The van der Waals surface area contributed by atoms with E-state index in [1.807, 2.05) is 0 Å². The van der Waals surface area contributed by atoms with Crippen LogP contribution >= 0.6 is 0 Å². The Kier molecular flexibility index (Phi) is 4.22. The fourth-order valence-corrected chi connectivity index (χ4v) is 2.18. The number of anilines is 1. The Hall–Kier alpha value is -1.10. The van der Waals surface area contributed by atoms with E-state index >= 15 is 0 Å². The fourth-order valence-electron chi connectivity index (χ4n) is 2.18. The molecule has 0 saturated heterocycles. The molecule has 102 valence electrons. The normalized spacial score (nSPS) is 17.3. The zero-order valence-corrected chi connectivity index (χ0v) is 11.6. The molecular weight excluding hydrogens is 228 g/mol. The van der Waals surface area contributed by atoms with Crippen LogP contribution < -0.4 is 10.6 Å². The summed E-state index contributed by atoms with van der Waals surface area (Å²) >= 11 is 0. The zero-order valence-electron chi connectivity index (χ0n) is 11.6. The Balaban J connectivity index is 1.75. The highest BCUT2D eigenvalue weighted by atomic mass is 16.4. The van der Waals surface area contributed by atoms with Gasteiger partial charge in [0.1, 0.15) is 0 Å². The van der Waals surface area contributed by atoms with Crippen LogP contribution in [0.3, 0.4) is 0 Å². The first kappa shape index (κ1) is 13.3. The summed E-state index contributed by atoms with van der Waals surface area (Å²) in [5, 5.41) is 14.6. The lowest BCUT2D eigenvalue weighted by atomic mass is 10.1. The van der Waals surface area contributed by atoms with Gasteiger partial charge in [-0.1, -0.05) is 17.9 Å². The molecule has 5 nitrogen and oxygen atoms in total. The Morgan fingerprint density at radius 3 is 2.61 bits per heavy atom. The van der Waals surface area contributed by atoms with Crippen molar-refractivity contribution in [1.82, 2.24) is 15.5 Å². The number of rotatable bonds is 5. The van der Waals surface area contributed by atoms with E-state index < -0.39 is 0 Å². The van der Waals surface area contributed by atoms with Crippen LogP contribution in [0, 0.1) is 5.92 Å². The summed E-state index contributed by atoms with van der Waals surface area (Å²) in [6.45, 7) is 7.91. The largest absolute Gasteiger partial charge is 0.407 e. The predicted molar refractivity (Wildman–Crippen MR) is 71.3 cm³/mol. The first-order valence-electron chi connectivity index (χ1n) is 6.84. The van der Waals surface area contributed by atoms with Gasteiger partial charge in [0.2, 0.25) is 5.89 Å². The minimum atomic E-state index is 0.0614. The molecule has 0 spiro atoms. The van der Waals surface area contributed by atoms with Gasteiger partial charge in [-0.3, -0.25) is 0 Å². The molecule has 1 heterocycles. The average molecular weight is 252 g/mol. The standard InChI is InChI=1S/C13H24N4O/c1-13(2,3)15-9-11-16-17-12(18-11)14-8-10-6-4-5-7-10/h10,15H,4-9H2,1-3H3,(H,14,17). The number of nitrogens with one attached hydrogen (secondary N) is 2. The van der Waals surface area contributed by atoms with Crippen LogP contribution in [0.2, 0.25) is 0 Å². The Morgan fingerprint density at radius 2 is 1.94 bits per heavy atom. The molecule has 0 amide bonds. The molecule has 1 aliphatic carbocycles. The van der Waals surface area contributed by atoms with Crippen molar-refractivity contribution in [2.45, 2.75) is 58.5 Å². The topological polar surface area (TPSA) is 63.0 Å². The quantitative estimate of drug-likeness (QED) is 0.843. The molecule has 1 aromatic heterocycles. The van der Waals surface area contributed by atoms with Crippen molar-refractivity contribution in [3.63, 3.8) is 0 Å². The third-order valence-corrected chi connectivity index (χ3v) is 3.25. The van der Waals surface area contributed by atoms with Crippen LogP contribution in [0.15, 0.2) is 4.42 Å².